The minimum Gasteiger partial charge on any atom is -0.480 e. The lowest BCUT2D eigenvalue weighted by atomic mass is 10.1. The van der Waals surface area contributed by atoms with E-state index in [1.807, 2.05) is 12.1 Å². The molecule has 0 saturated carbocycles. The molecule has 1 heterocycles. The Morgan fingerprint density at radius 2 is 2.28 bits per heavy atom. The van der Waals surface area contributed by atoms with Gasteiger partial charge in [-0.1, -0.05) is 25.1 Å². The third kappa shape index (κ3) is 2.95. The van der Waals surface area contributed by atoms with Crippen LogP contribution in [0.1, 0.15) is 18.9 Å². The summed E-state index contributed by atoms with van der Waals surface area (Å²) in [5.41, 5.74) is 1.29. The molecular weight excluding hydrogens is 268 g/mol. The second-order valence-corrected chi connectivity index (χ2v) is 7.34. The normalized spacial score (nSPS) is 21.3. The number of fused-ring (bicyclic) bond motifs is 1. The number of carboxylic acids is 1. The van der Waals surface area contributed by atoms with Gasteiger partial charge < -0.3 is 5.11 Å². The number of carboxylic acid groups (broad SMARTS) is 1. The van der Waals surface area contributed by atoms with Crippen molar-refractivity contribution in [3.8, 4) is 0 Å². The van der Waals surface area contributed by atoms with Gasteiger partial charge >= 0.3 is 5.97 Å². The van der Waals surface area contributed by atoms with Crippen LogP contribution in [0.5, 0.6) is 0 Å². The quantitative estimate of drug-likeness (QED) is 0.901. The summed E-state index contributed by atoms with van der Waals surface area (Å²) >= 11 is 1.72. The van der Waals surface area contributed by atoms with Gasteiger partial charge in [-0.25, -0.2) is 0 Å². The van der Waals surface area contributed by atoms with Gasteiger partial charge in [0.1, 0.15) is 5.25 Å². The Morgan fingerprint density at radius 1 is 1.56 bits per heavy atom. The molecule has 0 fully saturated rings. The van der Waals surface area contributed by atoms with Gasteiger partial charge in [0.05, 0.1) is 0 Å². The second kappa shape index (κ2) is 5.89. The highest BCUT2D eigenvalue weighted by Gasteiger charge is 2.29. The van der Waals surface area contributed by atoms with E-state index in [0.29, 0.717) is 12.2 Å². The fraction of sp³-hybridized carbons (Fsp3) is 0.462. The number of hydrogen-bond acceptors (Lipinski definition) is 3. The fourth-order valence-electron chi connectivity index (χ4n) is 2.12. The lowest BCUT2D eigenvalue weighted by Crippen LogP contribution is -2.29. The van der Waals surface area contributed by atoms with Crippen LogP contribution in [0.15, 0.2) is 29.2 Å². The Kier molecular flexibility index (Phi) is 4.45. The molecule has 0 spiro atoms. The molecular formula is C13H16O3S2. The first-order chi connectivity index (χ1) is 8.61. The molecule has 98 valence electrons. The zero-order chi connectivity index (χ0) is 13.1. The van der Waals surface area contributed by atoms with E-state index in [0.717, 1.165) is 6.42 Å². The first kappa shape index (κ1) is 13.6. The second-order valence-electron chi connectivity index (χ2n) is 4.33. The molecule has 0 aromatic heterocycles. The van der Waals surface area contributed by atoms with Gasteiger partial charge in [-0.2, -0.15) is 0 Å². The van der Waals surface area contributed by atoms with Crippen molar-refractivity contribution < 1.29 is 14.1 Å². The molecule has 0 bridgehead atoms. The summed E-state index contributed by atoms with van der Waals surface area (Å²) in [5.74, 6) is -0.485. The monoisotopic (exact) mass is 284 g/mol. The summed E-state index contributed by atoms with van der Waals surface area (Å²) in [6.45, 7) is 1.77. The Morgan fingerprint density at radius 3 is 2.89 bits per heavy atom. The lowest BCUT2D eigenvalue weighted by molar-refractivity contribution is -0.136. The standard InChI is InChI=1S/C13H16O3S2/c1-2-12(13(14)15)18(16)8-10-7-9-5-3-4-6-11(9)17-10/h3-6,10,12H,2,7-8H2,1H3,(H,14,15). The molecule has 3 nitrogen and oxygen atoms in total. The minimum atomic E-state index is -1.29. The van der Waals surface area contributed by atoms with E-state index >= 15 is 0 Å². The van der Waals surface area contributed by atoms with Gasteiger partial charge in [0, 0.05) is 26.7 Å². The van der Waals surface area contributed by atoms with Crippen LogP contribution in [0.2, 0.25) is 0 Å². The van der Waals surface area contributed by atoms with E-state index in [1.165, 1.54) is 10.5 Å². The zero-order valence-electron chi connectivity index (χ0n) is 10.2. The summed E-state index contributed by atoms with van der Waals surface area (Å²) < 4.78 is 12.0. The van der Waals surface area contributed by atoms with Gasteiger partial charge in [-0.15, -0.1) is 11.8 Å². The predicted molar refractivity (Wildman–Crippen MR) is 74.5 cm³/mol. The molecule has 0 amide bonds. The van der Waals surface area contributed by atoms with E-state index in [-0.39, 0.29) is 5.25 Å². The third-order valence-electron chi connectivity index (χ3n) is 3.03. The number of hydrogen-bond donors (Lipinski definition) is 1. The highest BCUT2D eigenvalue weighted by Crippen LogP contribution is 2.37. The number of benzene rings is 1. The predicted octanol–water partition coefficient (Wildman–Crippen LogP) is 2.32. The smallest absolute Gasteiger partial charge is 0.319 e. The zero-order valence-corrected chi connectivity index (χ0v) is 11.8. The van der Waals surface area contributed by atoms with Crippen molar-refractivity contribution in [3.05, 3.63) is 29.8 Å². The molecule has 3 atom stereocenters. The van der Waals surface area contributed by atoms with Crippen LogP contribution < -0.4 is 0 Å². The van der Waals surface area contributed by atoms with Crippen molar-refractivity contribution >= 4 is 28.5 Å². The van der Waals surface area contributed by atoms with E-state index in [1.54, 1.807) is 18.7 Å². The van der Waals surface area contributed by atoms with Crippen LogP contribution in [-0.2, 0) is 22.0 Å². The molecule has 1 N–H and O–H groups in total. The molecule has 1 aliphatic heterocycles. The molecule has 18 heavy (non-hydrogen) atoms. The van der Waals surface area contributed by atoms with Crippen LogP contribution in [0.4, 0.5) is 0 Å². The third-order valence-corrected chi connectivity index (χ3v) is 6.46. The highest BCUT2D eigenvalue weighted by atomic mass is 32.2. The summed E-state index contributed by atoms with van der Waals surface area (Å²) in [5, 5.41) is 8.51. The largest absolute Gasteiger partial charge is 0.480 e. The average Bonchev–Trinajstić information content (AvgIpc) is 2.71. The maximum Gasteiger partial charge on any atom is 0.319 e. The Labute approximate surface area is 113 Å². The van der Waals surface area contributed by atoms with Crippen molar-refractivity contribution in [2.45, 2.75) is 35.2 Å². The van der Waals surface area contributed by atoms with E-state index in [2.05, 4.69) is 12.1 Å². The van der Waals surface area contributed by atoms with Crippen molar-refractivity contribution in [1.82, 2.24) is 0 Å². The number of rotatable bonds is 5. The van der Waals surface area contributed by atoms with E-state index in [4.69, 9.17) is 5.11 Å². The average molecular weight is 284 g/mol. The Balaban J connectivity index is 1.97. The Hall–Kier alpha value is -0.810. The first-order valence-corrected chi connectivity index (χ1v) is 8.22. The summed E-state index contributed by atoms with van der Waals surface area (Å²) in [4.78, 5) is 12.2. The van der Waals surface area contributed by atoms with Gasteiger partial charge in [0.15, 0.2) is 0 Å². The summed E-state index contributed by atoms with van der Waals surface area (Å²) in [7, 11) is -1.29. The van der Waals surface area contributed by atoms with Crippen molar-refractivity contribution in [2.75, 3.05) is 5.75 Å². The van der Waals surface area contributed by atoms with Gasteiger partial charge in [0.25, 0.3) is 0 Å². The maximum absolute atomic E-state index is 12.0. The van der Waals surface area contributed by atoms with Crippen molar-refractivity contribution in [3.63, 3.8) is 0 Å². The molecule has 0 aliphatic carbocycles. The van der Waals surface area contributed by atoms with E-state index in [9.17, 15) is 9.00 Å². The number of aliphatic carboxylic acids is 1. The van der Waals surface area contributed by atoms with E-state index < -0.39 is 22.0 Å². The number of thioether (sulfide) groups is 1. The molecule has 3 unspecified atom stereocenters. The van der Waals surface area contributed by atoms with Crippen LogP contribution in [0, 0.1) is 0 Å². The van der Waals surface area contributed by atoms with Gasteiger partial charge in [0.2, 0.25) is 0 Å². The topological polar surface area (TPSA) is 54.4 Å². The van der Waals surface area contributed by atoms with Crippen LogP contribution >= 0.6 is 11.8 Å². The summed E-state index contributed by atoms with van der Waals surface area (Å²) in [6, 6.07) is 8.15. The molecule has 0 saturated heterocycles. The molecule has 2 rings (SSSR count). The van der Waals surface area contributed by atoms with Crippen molar-refractivity contribution in [1.29, 1.82) is 0 Å². The van der Waals surface area contributed by atoms with Gasteiger partial charge in [-0.3, -0.25) is 9.00 Å². The molecule has 5 heteroatoms. The minimum absolute atomic E-state index is 0.247. The molecule has 1 aliphatic rings. The van der Waals surface area contributed by atoms with Crippen molar-refractivity contribution in [2.24, 2.45) is 0 Å². The van der Waals surface area contributed by atoms with Crippen LogP contribution in [-0.4, -0.2) is 31.5 Å². The lowest BCUT2D eigenvalue weighted by Gasteiger charge is -2.13. The summed E-state index contributed by atoms with van der Waals surface area (Å²) in [6.07, 6.45) is 1.31. The SMILES string of the molecule is CCC(C(=O)O)S(=O)CC1Cc2ccccc2S1. The maximum atomic E-state index is 12.0. The first-order valence-electron chi connectivity index (χ1n) is 5.96. The van der Waals surface area contributed by atoms with Crippen LogP contribution in [0.3, 0.4) is 0 Å². The van der Waals surface area contributed by atoms with Gasteiger partial charge in [-0.05, 0) is 24.5 Å². The number of carbonyl (C=O) groups is 1. The van der Waals surface area contributed by atoms with Crippen LogP contribution in [0.25, 0.3) is 0 Å². The molecule has 0 radical (unpaired) electrons. The Bertz CT molecular complexity index is 448. The molecule has 1 aromatic rings. The fourth-order valence-corrected chi connectivity index (χ4v) is 5.19. The molecule has 1 aromatic carbocycles. The highest BCUT2D eigenvalue weighted by molar-refractivity contribution is 8.01.